The Labute approximate surface area is 93.1 Å². The molecule has 0 aliphatic rings. The molecule has 0 bridgehead atoms. The summed E-state index contributed by atoms with van der Waals surface area (Å²) in [6.07, 6.45) is 0. The first-order valence-electron chi connectivity index (χ1n) is 4.98. The van der Waals surface area contributed by atoms with Crippen molar-refractivity contribution in [2.75, 3.05) is 0 Å². The molecule has 14 heavy (non-hydrogen) atoms. The summed E-state index contributed by atoms with van der Waals surface area (Å²) in [7, 11) is 0. The van der Waals surface area contributed by atoms with E-state index >= 15 is 0 Å². The monoisotopic (exact) mass is 284 g/mol. The molecule has 0 heterocycles. The Balaban J connectivity index is 2.30. The van der Waals surface area contributed by atoms with Gasteiger partial charge in [-0.15, -0.1) is 0 Å². The van der Waals surface area contributed by atoms with Gasteiger partial charge in [-0.1, -0.05) is 0 Å². The van der Waals surface area contributed by atoms with E-state index in [2.05, 4.69) is 65.3 Å². The minimum atomic E-state index is -1.64. The molecule has 0 aromatic heterocycles. The van der Waals surface area contributed by atoms with Gasteiger partial charge in [0.15, 0.2) is 0 Å². The van der Waals surface area contributed by atoms with Crippen molar-refractivity contribution < 1.29 is 0 Å². The Morgan fingerprint density at radius 3 is 1.36 bits per heavy atom. The molecule has 68 valence electrons. The predicted molar refractivity (Wildman–Crippen MR) is 63.8 cm³/mol. The Morgan fingerprint density at radius 2 is 1.00 bits per heavy atom. The van der Waals surface area contributed by atoms with Crippen LogP contribution in [0.1, 0.15) is 0 Å². The van der Waals surface area contributed by atoms with Gasteiger partial charge in [0.25, 0.3) is 0 Å². The van der Waals surface area contributed by atoms with Crippen LogP contribution in [0.2, 0.25) is 4.68 Å². The van der Waals surface area contributed by atoms with E-state index in [1.54, 1.807) is 6.64 Å². The fourth-order valence-corrected chi connectivity index (χ4v) is 7.34. The van der Waals surface area contributed by atoms with Gasteiger partial charge in [-0.25, -0.2) is 0 Å². The summed E-state index contributed by atoms with van der Waals surface area (Å²) in [6.45, 7) is 0. The van der Waals surface area contributed by atoms with Crippen molar-refractivity contribution in [3.8, 4) is 0 Å². The maximum atomic E-state index is 2.45. The fraction of sp³-hybridized carbons (Fsp3) is 0.0769. The van der Waals surface area contributed by atoms with Gasteiger partial charge in [0.2, 0.25) is 0 Å². The zero-order valence-corrected chi connectivity index (χ0v) is 11.6. The van der Waals surface area contributed by atoms with Gasteiger partial charge in [0.1, 0.15) is 0 Å². The van der Waals surface area contributed by atoms with Crippen molar-refractivity contribution in [1.29, 1.82) is 0 Å². The summed E-state index contributed by atoms with van der Waals surface area (Å²) >= 11 is -1.64. The van der Waals surface area contributed by atoms with Crippen molar-refractivity contribution in [2.24, 2.45) is 0 Å². The summed E-state index contributed by atoms with van der Waals surface area (Å²) in [5, 5.41) is 0. The molecule has 0 atom stereocenters. The fourth-order valence-electron chi connectivity index (χ4n) is 1.68. The molecule has 0 spiro atoms. The van der Waals surface area contributed by atoms with Crippen molar-refractivity contribution in [2.45, 2.75) is 4.68 Å². The van der Waals surface area contributed by atoms with Crippen molar-refractivity contribution in [1.82, 2.24) is 0 Å². The molecule has 0 fully saturated rings. The van der Waals surface area contributed by atoms with Gasteiger partial charge in [0.05, 0.1) is 0 Å². The molecule has 0 N–H and O–H groups in total. The summed E-state index contributed by atoms with van der Waals surface area (Å²) < 4.78 is 5.62. The average Bonchev–Trinajstić information content (AvgIpc) is 2.30. The number of hydrogen-bond acceptors (Lipinski definition) is 0. The van der Waals surface area contributed by atoms with E-state index in [4.69, 9.17) is 0 Å². The molecule has 0 unspecified atom stereocenters. The molecule has 0 aliphatic carbocycles. The van der Waals surface area contributed by atoms with Crippen LogP contribution < -0.4 is 6.64 Å². The summed E-state index contributed by atoms with van der Waals surface area (Å²) in [5.41, 5.74) is 0. The molecule has 0 radical (unpaired) electrons. The normalized spacial score (nSPS) is 9.79. The van der Waals surface area contributed by atoms with E-state index in [0.717, 1.165) is 0 Å². The van der Waals surface area contributed by atoms with Gasteiger partial charge in [-0.2, -0.15) is 0 Å². The molecule has 2 rings (SSSR count). The third-order valence-electron chi connectivity index (χ3n) is 2.60. The molecule has 2 aromatic rings. The van der Waals surface area contributed by atoms with Crippen LogP contribution in [0.15, 0.2) is 60.7 Å². The van der Waals surface area contributed by atoms with Gasteiger partial charge >= 0.3 is 93.4 Å². The van der Waals surface area contributed by atoms with Crippen LogP contribution in [-0.4, -0.2) is 21.4 Å². The minimum absolute atomic E-state index is 1.58. The van der Waals surface area contributed by atoms with Crippen LogP contribution in [0.25, 0.3) is 0 Å². The van der Waals surface area contributed by atoms with Crippen molar-refractivity contribution >= 4 is 28.1 Å². The summed E-state index contributed by atoms with van der Waals surface area (Å²) in [4.78, 5) is 0. The third-order valence-corrected chi connectivity index (χ3v) is 10.5. The average molecular weight is 284 g/mol. The number of benzene rings is 2. The Kier molecular flexibility index (Phi) is 3.30. The van der Waals surface area contributed by atoms with Crippen LogP contribution >= 0.6 is 0 Å². The van der Waals surface area contributed by atoms with Gasteiger partial charge in [-0.3, -0.25) is 0 Å². The van der Waals surface area contributed by atoms with E-state index in [0.29, 0.717) is 0 Å². The molecule has 0 saturated heterocycles. The Morgan fingerprint density at radius 1 is 0.643 bits per heavy atom. The zero-order valence-electron chi connectivity index (χ0n) is 8.35. The van der Waals surface area contributed by atoms with E-state index in [1.807, 2.05) is 0 Å². The first-order chi connectivity index (χ1) is 6.88. The summed E-state index contributed by atoms with van der Waals surface area (Å²) in [5.74, 6) is 0. The topological polar surface area (TPSA) is 0 Å². The summed E-state index contributed by atoms with van der Waals surface area (Å²) in [6, 6.07) is 21.8. The maximum absolute atomic E-state index is 2.45. The second kappa shape index (κ2) is 4.70. The van der Waals surface area contributed by atoms with Gasteiger partial charge in [-0.05, 0) is 0 Å². The Hall–Kier alpha value is -0.690. The van der Waals surface area contributed by atoms with E-state index in [9.17, 15) is 0 Å². The van der Waals surface area contributed by atoms with Crippen LogP contribution in [0.3, 0.4) is 0 Å². The van der Waals surface area contributed by atoms with Gasteiger partial charge in [0, 0.05) is 0 Å². The zero-order chi connectivity index (χ0) is 9.80. The molecule has 0 aliphatic heterocycles. The number of rotatable bonds is 2. The van der Waals surface area contributed by atoms with Crippen LogP contribution in [0.4, 0.5) is 0 Å². The second-order valence-corrected chi connectivity index (χ2v) is 11.5. The SMILES string of the molecule is [CH3][In]([c]1ccccc1)[c]1ccccc1. The molecule has 0 amide bonds. The molecular weight excluding hydrogens is 271 g/mol. The standard InChI is InChI=1S/2C6H5.CH3.In/c2*1-2-4-6-5-3-1;;/h2*1-5H;1H3;. The molecule has 2 aromatic carbocycles. The van der Waals surface area contributed by atoms with Crippen molar-refractivity contribution in [3.05, 3.63) is 60.7 Å². The Bertz CT molecular complexity index is 341. The van der Waals surface area contributed by atoms with E-state index < -0.39 is 21.4 Å². The first kappa shape index (κ1) is 9.85. The molecule has 0 saturated carbocycles. The molecular formula is C13H13In. The molecule has 1 heteroatoms. The van der Waals surface area contributed by atoms with E-state index in [-0.39, 0.29) is 0 Å². The van der Waals surface area contributed by atoms with Crippen molar-refractivity contribution in [3.63, 3.8) is 0 Å². The van der Waals surface area contributed by atoms with Crippen LogP contribution in [0, 0.1) is 0 Å². The van der Waals surface area contributed by atoms with Gasteiger partial charge < -0.3 is 0 Å². The quantitative estimate of drug-likeness (QED) is 0.790. The van der Waals surface area contributed by atoms with Crippen LogP contribution in [-0.2, 0) is 0 Å². The molecule has 0 nitrogen and oxygen atoms in total. The first-order valence-corrected chi connectivity index (χ1v) is 11.6. The number of hydrogen-bond donors (Lipinski definition) is 0. The third kappa shape index (κ3) is 2.21. The predicted octanol–water partition coefficient (Wildman–Crippen LogP) is 1.93. The second-order valence-electron chi connectivity index (χ2n) is 3.54. The van der Waals surface area contributed by atoms with Crippen LogP contribution in [0.5, 0.6) is 0 Å². The van der Waals surface area contributed by atoms with E-state index in [1.165, 1.54) is 0 Å².